The van der Waals surface area contributed by atoms with E-state index in [4.69, 9.17) is 0 Å². The van der Waals surface area contributed by atoms with E-state index in [1.54, 1.807) is 6.07 Å². The lowest BCUT2D eigenvalue weighted by atomic mass is 9.82. The van der Waals surface area contributed by atoms with E-state index in [1.807, 2.05) is 18.2 Å². The molecular formula is C27H32F3N3O. The third-order valence-electron chi connectivity index (χ3n) is 7.66. The van der Waals surface area contributed by atoms with E-state index in [0.717, 1.165) is 51.0 Å². The van der Waals surface area contributed by atoms with Crippen molar-refractivity contribution in [3.05, 3.63) is 65.2 Å². The Balaban J connectivity index is 1.41. The average Bonchev–Trinajstić information content (AvgIpc) is 2.83. The molecule has 0 aromatic heterocycles. The van der Waals surface area contributed by atoms with E-state index in [2.05, 4.69) is 27.2 Å². The minimum atomic E-state index is -4.39. The normalized spacial score (nSPS) is 23.8. The lowest BCUT2D eigenvalue weighted by Gasteiger charge is -2.49. The van der Waals surface area contributed by atoms with E-state index in [-0.39, 0.29) is 23.9 Å². The molecule has 182 valence electrons. The number of nitrogens with zero attached hydrogens (tertiary/aromatic N) is 2. The van der Waals surface area contributed by atoms with Crippen molar-refractivity contribution in [2.75, 3.05) is 24.5 Å². The standard InChI is InChI=1S/C27H32F3N3O/c28-27(29,30)21-11-12-24-20(15-21)16-23(26(34)31-22-9-5-2-6-10-22)25-18-32(13-14-33(24)25)17-19-7-3-1-4-8-19/h1,3-4,7-8,11-12,15,22-23,25H,2,5-6,9-10,13-14,16-18H2,(H,31,34). The van der Waals surface area contributed by atoms with Gasteiger partial charge in [0, 0.05) is 37.9 Å². The summed E-state index contributed by atoms with van der Waals surface area (Å²) in [4.78, 5) is 18.1. The maximum absolute atomic E-state index is 13.5. The molecule has 2 aromatic carbocycles. The van der Waals surface area contributed by atoms with Crippen LogP contribution < -0.4 is 10.2 Å². The molecule has 5 rings (SSSR count). The molecule has 34 heavy (non-hydrogen) atoms. The van der Waals surface area contributed by atoms with Gasteiger partial charge in [0.1, 0.15) is 0 Å². The maximum Gasteiger partial charge on any atom is 0.416 e. The lowest BCUT2D eigenvalue weighted by molar-refractivity contribution is -0.137. The van der Waals surface area contributed by atoms with Crippen LogP contribution in [-0.2, 0) is 23.9 Å². The molecule has 2 aromatic rings. The predicted octanol–water partition coefficient (Wildman–Crippen LogP) is 5.02. The number of anilines is 1. The number of hydrogen-bond donors (Lipinski definition) is 1. The number of rotatable bonds is 4. The van der Waals surface area contributed by atoms with Gasteiger partial charge in [0.05, 0.1) is 17.5 Å². The minimum absolute atomic E-state index is 0.00785. The quantitative estimate of drug-likeness (QED) is 0.681. The largest absolute Gasteiger partial charge is 0.416 e. The first-order chi connectivity index (χ1) is 16.4. The first kappa shape index (κ1) is 23.2. The van der Waals surface area contributed by atoms with Crippen LogP contribution in [0, 0.1) is 5.92 Å². The van der Waals surface area contributed by atoms with Crippen molar-refractivity contribution < 1.29 is 18.0 Å². The van der Waals surface area contributed by atoms with Gasteiger partial charge in [-0.1, -0.05) is 49.6 Å². The smallest absolute Gasteiger partial charge is 0.365 e. The summed E-state index contributed by atoms with van der Waals surface area (Å²) in [6.45, 7) is 3.03. The van der Waals surface area contributed by atoms with Crippen LogP contribution in [0.15, 0.2) is 48.5 Å². The summed E-state index contributed by atoms with van der Waals surface area (Å²) in [6.07, 6.45) is 1.37. The predicted molar refractivity (Wildman–Crippen MR) is 127 cm³/mol. The maximum atomic E-state index is 13.5. The fraction of sp³-hybridized carbons (Fsp3) is 0.519. The highest BCUT2D eigenvalue weighted by Crippen LogP contribution is 2.40. The summed E-state index contributed by atoms with van der Waals surface area (Å²) in [7, 11) is 0. The molecule has 4 nitrogen and oxygen atoms in total. The summed E-state index contributed by atoms with van der Waals surface area (Å²) in [5, 5.41) is 3.26. The van der Waals surface area contributed by atoms with Gasteiger partial charge in [-0.3, -0.25) is 9.69 Å². The first-order valence-electron chi connectivity index (χ1n) is 12.4. The number of alkyl halides is 3. The van der Waals surface area contributed by atoms with Crippen molar-refractivity contribution in [3.8, 4) is 0 Å². The van der Waals surface area contributed by atoms with Gasteiger partial charge in [-0.15, -0.1) is 0 Å². The topological polar surface area (TPSA) is 35.6 Å². The fourth-order valence-electron chi connectivity index (χ4n) is 5.90. The summed E-state index contributed by atoms with van der Waals surface area (Å²) in [5.41, 5.74) is 2.06. The van der Waals surface area contributed by atoms with Gasteiger partial charge in [0.2, 0.25) is 5.91 Å². The molecule has 2 aliphatic heterocycles. The number of nitrogens with one attached hydrogen (secondary N) is 1. The molecule has 1 amide bonds. The molecule has 2 heterocycles. The third kappa shape index (κ3) is 4.95. The number of carbonyl (C=O) groups excluding carboxylic acids is 1. The van der Waals surface area contributed by atoms with Crippen molar-refractivity contribution in [1.82, 2.24) is 10.2 Å². The monoisotopic (exact) mass is 471 g/mol. The van der Waals surface area contributed by atoms with Crippen LogP contribution in [-0.4, -0.2) is 42.5 Å². The second kappa shape index (κ2) is 9.61. The van der Waals surface area contributed by atoms with Gasteiger partial charge in [-0.05, 0) is 48.6 Å². The minimum Gasteiger partial charge on any atom is -0.365 e. The van der Waals surface area contributed by atoms with Crippen LogP contribution in [0.1, 0.15) is 48.8 Å². The van der Waals surface area contributed by atoms with Crippen molar-refractivity contribution in [3.63, 3.8) is 0 Å². The van der Waals surface area contributed by atoms with Crippen LogP contribution in [0.4, 0.5) is 18.9 Å². The summed E-state index contributed by atoms with van der Waals surface area (Å²) >= 11 is 0. The Labute approximate surface area is 199 Å². The van der Waals surface area contributed by atoms with Gasteiger partial charge in [0.25, 0.3) is 0 Å². The number of fused-ring (bicyclic) bond motifs is 3. The Bertz CT molecular complexity index is 1000. The fourth-order valence-corrected chi connectivity index (χ4v) is 5.90. The van der Waals surface area contributed by atoms with Crippen molar-refractivity contribution in [2.24, 2.45) is 5.92 Å². The highest BCUT2D eigenvalue weighted by atomic mass is 19.4. The Morgan fingerprint density at radius 1 is 1.00 bits per heavy atom. The Morgan fingerprint density at radius 3 is 2.50 bits per heavy atom. The van der Waals surface area contributed by atoms with Crippen LogP contribution in [0.5, 0.6) is 0 Å². The van der Waals surface area contributed by atoms with Gasteiger partial charge in [-0.2, -0.15) is 13.2 Å². The Morgan fingerprint density at radius 2 is 1.76 bits per heavy atom. The lowest BCUT2D eigenvalue weighted by Crippen LogP contribution is -2.61. The summed E-state index contributed by atoms with van der Waals surface area (Å²) in [6, 6.07) is 14.4. The molecule has 1 aliphatic carbocycles. The number of halogens is 3. The van der Waals surface area contributed by atoms with Crippen molar-refractivity contribution in [2.45, 2.75) is 63.3 Å². The van der Waals surface area contributed by atoms with Gasteiger partial charge >= 0.3 is 6.18 Å². The SMILES string of the molecule is O=C(NC1CCCCC1)C1Cc2cc(C(F)(F)F)ccc2N2CCN(Cc3ccccc3)CC12. The molecule has 2 fully saturated rings. The molecule has 0 radical (unpaired) electrons. The van der Waals surface area contributed by atoms with Crippen molar-refractivity contribution >= 4 is 11.6 Å². The first-order valence-corrected chi connectivity index (χ1v) is 12.4. The molecular weight excluding hydrogens is 439 g/mol. The van der Waals surface area contributed by atoms with E-state index < -0.39 is 11.7 Å². The second-order valence-electron chi connectivity index (χ2n) is 9.98. The summed E-state index contributed by atoms with van der Waals surface area (Å²) < 4.78 is 40.2. The molecule has 7 heteroatoms. The van der Waals surface area contributed by atoms with E-state index in [1.165, 1.54) is 24.1 Å². The van der Waals surface area contributed by atoms with Gasteiger partial charge in [-0.25, -0.2) is 0 Å². The number of benzene rings is 2. The highest BCUT2D eigenvalue weighted by molar-refractivity contribution is 5.82. The van der Waals surface area contributed by atoms with Gasteiger partial charge in [0.15, 0.2) is 0 Å². The summed E-state index contributed by atoms with van der Waals surface area (Å²) in [5.74, 6) is -0.372. The molecule has 2 atom stereocenters. The van der Waals surface area contributed by atoms with E-state index in [9.17, 15) is 18.0 Å². The Kier molecular flexibility index (Phi) is 6.56. The highest BCUT2D eigenvalue weighted by Gasteiger charge is 2.43. The second-order valence-corrected chi connectivity index (χ2v) is 9.98. The molecule has 1 saturated heterocycles. The molecule has 3 aliphatic rings. The third-order valence-corrected chi connectivity index (χ3v) is 7.66. The molecule has 1 saturated carbocycles. The van der Waals surface area contributed by atoms with Crippen LogP contribution in [0.3, 0.4) is 0 Å². The number of piperazine rings is 1. The molecule has 0 bridgehead atoms. The zero-order chi connectivity index (χ0) is 23.7. The number of carbonyl (C=O) groups is 1. The van der Waals surface area contributed by atoms with E-state index in [0.29, 0.717) is 18.5 Å². The van der Waals surface area contributed by atoms with Crippen LogP contribution in [0.2, 0.25) is 0 Å². The van der Waals surface area contributed by atoms with Crippen LogP contribution >= 0.6 is 0 Å². The zero-order valence-corrected chi connectivity index (χ0v) is 19.4. The number of hydrogen-bond acceptors (Lipinski definition) is 3. The average molecular weight is 472 g/mol. The Hall–Kier alpha value is -2.54. The van der Waals surface area contributed by atoms with Crippen LogP contribution in [0.25, 0.3) is 0 Å². The van der Waals surface area contributed by atoms with E-state index >= 15 is 0 Å². The zero-order valence-electron chi connectivity index (χ0n) is 19.4. The van der Waals surface area contributed by atoms with Crippen molar-refractivity contribution in [1.29, 1.82) is 0 Å². The molecule has 1 N–H and O–H groups in total. The van der Waals surface area contributed by atoms with Gasteiger partial charge < -0.3 is 10.2 Å². The molecule has 2 unspecified atom stereocenters. The number of amides is 1. The molecule has 0 spiro atoms.